The lowest BCUT2D eigenvalue weighted by molar-refractivity contribution is -0.139. The molecule has 1 rings (SSSR count). The largest absolute Gasteiger partial charge is 0.482 e. The number of amides is 2. The van der Waals surface area contributed by atoms with Crippen molar-refractivity contribution in [2.75, 3.05) is 30.5 Å². The van der Waals surface area contributed by atoms with Crippen molar-refractivity contribution in [3.63, 3.8) is 0 Å². The van der Waals surface area contributed by atoms with Crippen LogP contribution in [-0.4, -0.2) is 42.3 Å². The molecule has 1 aromatic carbocycles. The van der Waals surface area contributed by atoms with Gasteiger partial charge >= 0.3 is 12.0 Å². The maximum atomic E-state index is 11.4. The predicted octanol–water partition coefficient (Wildman–Crippen LogP) is 1.63. The molecular weight excluding hydrogens is 268 g/mol. The summed E-state index contributed by atoms with van der Waals surface area (Å²) in [6.45, 7) is 0.217. The standard InChI is InChI=1S/C12H16N2O4S/c1-19-7-6-13-12(17)14-9-2-4-10(5-3-9)18-8-11(15)16/h2-5H,6-8H2,1H3,(H,15,16)(H2,13,14,17). The molecular formula is C12H16N2O4S. The lowest BCUT2D eigenvalue weighted by atomic mass is 10.3. The minimum Gasteiger partial charge on any atom is -0.482 e. The van der Waals surface area contributed by atoms with Crippen molar-refractivity contribution in [2.45, 2.75) is 0 Å². The second-order valence-electron chi connectivity index (χ2n) is 3.58. The van der Waals surface area contributed by atoms with Crippen molar-refractivity contribution in [1.82, 2.24) is 5.32 Å². The number of hydrogen-bond acceptors (Lipinski definition) is 4. The minimum absolute atomic E-state index is 0.270. The molecule has 0 aliphatic heterocycles. The molecule has 3 N–H and O–H groups in total. The van der Waals surface area contributed by atoms with Crippen molar-refractivity contribution in [2.24, 2.45) is 0 Å². The highest BCUT2D eigenvalue weighted by Gasteiger charge is 2.02. The van der Waals surface area contributed by atoms with E-state index < -0.39 is 5.97 Å². The van der Waals surface area contributed by atoms with E-state index in [0.29, 0.717) is 18.0 Å². The van der Waals surface area contributed by atoms with Gasteiger partial charge in [-0.25, -0.2) is 9.59 Å². The maximum absolute atomic E-state index is 11.4. The normalized spacial score (nSPS) is 9.74. The van der Waals surface area contributed by atoms with Crippen molar-refractivity contribution in [3.05, 3.63) is 24.3 Å². The summed E-state index contributed by atoms with van der Waals surface area (Å²) in [4.78, 5) is 21.8. The summed E-state index contributed by atoms with van der Waals surface area (Å²) < 4.78 is 4.98. The van der Waals surface area contributed by atoms with Crippen LogP contribution >= 0.6 is 11.8 Å². The van der Waals surface area contributed by atoms with Gasteiger partial charge in [0.1, 0.15) is 5.75 Å². The maximum Gasteiger partial charge on any atom is 0.341 e. The molecule has 0 bridgehead atoms. The number of aliphatic carboxylic acids is 1. The van der Waals surface area contributed by atoms with Crippen LogP contribution < -0.4 is 15.4 Å². The Kier molecular flexibility index (Phi) is 6.59. The molecule has 0 aliphatic carbocycles. The first-order valence-corrected chi connectivity index (χ1v) is 6.99. The second kappa shape index (κ2) is 8.25. The van der Waals surface area contributed by atoms with E-state index in [0.717, 1.165) is 5.75 Å². The average Bonchev–Trinajstić information content (AvgIpc) is 2.38. The van der Waals surface area contributed by atoms with E-state index in [-0.39, 0.29) is 12.6 Å². The summed E-state index contributed by atoms with van der Waals surface area (Å²) in [5, 5.41) is 13.8. The van der Waals surface area contributed by atoms with Crippen LogP contribution in [0, 0.1) is 0 Å². The molecule has 0 atom stereocenters. The Bertz CT molecular complexity index is 422. The summed E-state index contributed by atoms with van der Waals surface area (Å²) >= 11 is 1.65. The Labute approximate surface area is 115 Å². The molecule has 19 heavy (non-hydrogen) atoms. The molecule has 0 spiro atoms. The van der Waals surface area contributed by atoms with Gasteiger partial charge in [-0.05, 0) is 30.5 Å². The fourth-order valence-electron chi connectivity index (χ4n) is 1.22. The number of carboxylic acid groups (broad SMARTS) is 1. The topological polar surface area (TPSA) is 87.7 Å². The Hall–Kier alpha value is -1.89. The Morgan fingerprint density at radius 3 is 2.58 bits per heavy atom. The first-order valence-electron chi connectivity index (χ1n) is 5.60. The Morgan fingerprint density at radius 2 is 2.00 bits per heavy atom. The molecule has 7 heteroatoms. The van der Waals surface area contributed by atoms with E-state index in [1.54, 1.807) is 36.0 Å². The van der Waals surface area contributed by atoms with Crippen LogP contribution in [0.5, 0.6) is 5.75 Å². The number of urea groups is 1. The predicted molar refractivity (Wildman–Crippen MR) is 75.0 cm³/mol. The molecule has 0 heterocycles. The molecule has 104 valence electrons. The van der Waals surface area contributed by atoms with Gasteiger partial charge in [0.15, 0.2) is 6.61 Å². The zero-order chi connectivity index (χ0) is 14.1. The number of carboxylic acids is 1. The van der Waals surface area contributed by atoms with Crippen LogP contribution in [0.2, 0.25) is 0 Å². The zero-order valence-electron chi connectivity index (χ0n) is 10.5. The SMILES string of the molecule is CSCCNC(=O)Nc1ccc(OCC(=O)O)cc1. The van der Waals surface area contributed by atoms with Gasteiger partial charge in [0.25, 0.3) is 0 Å². The van der Waals surface area contributed by atoms with Gasteiger partial charge in [0.05, 0.1) is 0 Å². The van der Waals surface area contributed by atoms with Gasteiger partial charge in [-0.2, -0.15) is 11.8 Å². The van der Waals surface area contributed by atoms with E-state index in [9.17, 15) is 9.59 Å². The van der Waals surface area contributed by atoms with E-state index in [2.05, 4.69) is 10.6 Å². The molecule has 0 saturated carbocycles. The number of ether oxygens (including phenoxy) is 1. The van der Waals surface area contributed by atoms with E-state index >= 15 is 0 Å². The number of anilines is 1. The number of thioether (sulfide) groups is 1. The van der Waals surface area contributed by atoms with Crippen LogP contribution in [0.1, 0.15) is 0 Å². The number of carbonyl (C=O) groups is 2. The third kappa shape index (κ3) is 6.56. The summed E-state index contributed by atoms with van der Waals surface area (Å²) in [6.07, 6.45) is 1.97. The van der Waals surface area contributed by atoms with Crippen LogP contribution in [0.15, 0.2) is 24.3 Å². The Morgan fingerprint density at radius 1 is 1.32 bits per heavy atom. The lowest BCUT2D eigenvalue weighted by Gasteiger charge is -2.08. The first kappa shape index (κ1) is 15.2. The summed E-state index contributed by atoms with van der Waals surface area (Å²) in [6, 6.07) is 6.21. The monoisotopic (exact) mass is 284 g/mol. The number of nitrogens with one attached hydrogen (secondary N) is 2. The molecule has 0 fully saturated rings. The smallest absolute Gasteiger partial charge is 0.341 e. The van der Waals surface area contributed by atoms with Crippen LogP contribution in [0.25, 0.3) is 0 Å². The van der Waals surface area contributed by atoms with Gasteiger partial charge in [-0.3, -0.25) is 0 Å². The van der Waals surface area contributed by atoms with Crippen LogP contribution in [0.3, 0.4) is 0 Å². The third-order valence-corrected chi connectivity index (χ3v) is 2.68. The number of carbonyl (C=O) groups excluding carboxylic acids is 1. The molecule has 0 aliphatic rings. The van der Waals surface area contributed by atoms with Gasteiger partial charge < -0.3 is 20.5 Å². The number of rotatable bonds is 7. The minimum atomic E-state index is -1.03. The highest BCUT2D eigenvalue weighted by Crippen LogP contribution is 2.15. The fourth-order valence-corrected chi connectivity index (χ4v) is 1.53. The number of benzene rings is 1. The van der Waals surface area contributed by atoms with Crippen molar-refractivity contribution < 1.29 is 19.4 Å². The quantitative estimate of drug-likeness (QED) is 0.662. The van der Waals surface area contributed by atoms with E-state index in [1.165, 1.54) is 0 Å². The van der Waals surface area contributed by atoms with Gasteiger partial charge in [-0.15, -0.1) is 0 Å². The van der Waals surface area contributed by atoms with Gasteiger partial charge in [0.2, 0.25) is 0 Å². The molecule has 0 aromatic heterocycles. The second-order valence-corrected chi connectivity index (χ2v) is 4.57. The highest BCUT2D eigenvalue weighted by molar-refractivity contribution is 7.98. The van der Waals surface area contributed by atoms with Gasteiger partial charge in [0, 0.05) is 18.0 Å². The van der Waals surface area contributed by atoms with Crippen molar-refractivity contribution >= 4 is 29.4 Å². The molecule has 6 nitrogen and oxygen atoms in total. The van der Waals surface area contributed by atoms with E-state index in [4.69, 9.17) is 9.84 Å². The average molecular weight is 284 g/mol. The van der Waals surface area contributed by atoms with Crippen LogP contribution in [-0.2, 0) is 4.79 Å². The number of hydrogen-bond donors (Lipinski definition) is 3. The first-order chi connectivity index (χ1) is 9.11. The Balaban J connectivity index is 2.39. The molecule has 0 unspecified atom stereocenters. The third-order valence-electron chi connectivity index (χ3n) is 2.07. The van der Waals surface area contributed by atoms with Crippen molar-refractivity contribution in [3.8, 4) is 5.75 Å². The highest BCUT2D eigenvalue weighted by atomic mass is 32.2. The van der Waals surface area contributed by atoms with E-state index in [1.807, 2.05) is 6.26 Å². The molecule has 0 radical (unpaired) electrons. The molecule has 0 saturated heterocycles. The molecule has 1 aromatic rings. The summed E-state index contributed by atoms with van der Waals surface area (Å²) in [5.41, 5.74) is 0.615. The molecule has 2 amide bonds. The lowest BCUT2D eigenvalue weighted by Crippen LogP contribution is -2.30. The fraction of sp³-hybridized carbons (Fsp3) is 0.333. The van der Waals surface area contributed by atoms with Gasteiger partial charge in [-0.1, -0.05) is 0 Å². The van der Waals surface area contributed by atoms with Crippen LogP contribution in [0.4, 0.5) is 10.5 Å². The summed E-state index contributed by atoms with van der Waals surface area (Å²) in [5.74, 6) is 0.265. The zero-order valence-corrected chi connectivity index (χ0v) is 11.3. The summed E-state index contributed by atoms with van der Waals surface area (Å²) in [7, 11) is 0. The van der Waals surface area contributed by atoms with Crippen molar-refractivity contribution in [1.29, 1.82) is 0 Å².